The van der Waals surface area contributed by atoms with Gasteiger partial charge in [-0.15, -0.1) is 0 Å². The molecule has 66 valence electrons. The molecule has 1 aromatic heterocycles. The molecule has 1 N–H and O–H groups in total. The van der Waals surface area contributed by atoms with Gasteiger partial charge in [0, 0.05) is 6.20 Å². The number of carbonyl (C=O) groups is 1. The van der Waals surface area contributed by atoms with Crippen molar-refractivity contribution < 1.29 is 9.90 Å². The predicted octanol–water partition coefficient (Wildman–Crippen LogP) is 1.09. The summed E-state index contributed by atoms with van der Waals surface area (Å²) in [6.07, 6.45) is 3.46. The van der Waals surface area contributed by atoms with Crippen LogP contribution in [0.25, 0.3) is 0 Å². The molecule has 0 bridgehead atoms. The van der Waals surface area contributed by atoms with E-state index in [9.17, 15) is 4.79 Å². The van der Waals surface area contributed by atoms with E-state index in [0.29, 0.717) is 5.92 Å². The van der Waals surface area contributed by atoms with Crippen LogP contribution in [0.1, 0.15) is 25.3 Å². The third kappa shape index (κ3) is 2.08. The Kier molecular flexibility index (Phi) is 2.47. The average Bonchev–Trinajstić information content (AvgIpc) is 2.34. The van der Waals surface area contributed by atoms with Crippen LogP contribution in [0.2, 0.25) is 0 Å². The molecule has 0 spiro atoms. The molecule has 0 aliphatic rings. The summed E-state index contributed by atoms with van der Waals surface area (Å²) < 4.78 is 1.43. The van der Waals surface area contributed by atoms with Gasteiger partial charge >= 0.3 is 5.97 Å². The maximum absolute atomic E-state index is 10.3. The van der Waals surface area contributed by atoms with Crippen LogP contribution in [0.4, 0.5) is 0 Å². The quantitative estimate of drug-likeness (QED) is 0.735. The summed E-state index contributed by atoms with van der Waals surface area (Å²) in [7, 11) is 0. The average molecular weight is 168 g/mol. The van der Waals surface area contributed by atoms with E-state index >= 15 is 0 Å². The lowest BCUT2D eigenvalue weighted by molar-refractivity contribution is -0.137. The summed E-state index contributed by atoms with van der Waals surface area (Å²) >= 11 is 0. The summed E-state index contributed by atoms with van der Waals surface area (Å²) in [4.78, 5) is 10.3. The van der Waals surface area contributed by atoms with Gasteiger partial charge in [0.05, 0.1) is 6.20 Å². The smallest absolute Gasteiger partial charge is 0.325 e. The van der Waals surface area contributed by atoms with Gasteiger partial charge in [0.1, 0.15) is 6.54 Å². The van der Waals surface area contributed by atoms with Crippen molar-refractivity contribution in [3.63, 3.8) is 0 Å². The van der Waals surface area contributed by atoms with E-state index in [-0.39, 0.29) is 6.54 Å². The summed E-state index contributed by atoms with van der Waals surface area (Å²) in [5, 5.41) is 12.4. The van der Waals surface area contributed by atoms with Gasteiger partial charge in [-0.05, 0) is 11.5 Å². The molecular weight excluding hydrogens is 156 g/mol. The van der Waals surface area contributed by atoms with Crippen LogP contribution in [-0.2, 0) is 11.3 Å². The molecule has 4 nitrogen and oxygen atoms in total. The lowest BCUT2D eigenvalue weighted by Crippen LogP contribution is -2.08. The Morgan fingerprint density at radius 3 is 2.83 bits per heavy atom. The number of rotatable bonds is 3. The first-order valence-electron chi connectivity index (χ1n) is 3.83. The number of aromatic nitrogens is 2. The number of nitrogens with zero attached hydrogens (tertiary/aromatic N) is 2. The molecule has 0 aliphatic carbocycles. The molecule has 0 fully saturated rings. The fourth-order valence-corrected chi connectivity index (χ4v) is 0.903. The van der Waals surface area contributed by atoms with Gasteiger partial charge in [0.15, 0.2) is 0 Å². The van der Waals surface area contributed by atoms with E-state index in [2.05, 4.69) is 5.10 Å². The maximum Gasteiger partial charge on any atom is 0.325 e. The summed E-state index contributed by atoms with van der Waals surface area (Å²) in [6, 6.07) is 0. The largest absolute Gasteiger partial charge is 0.480 e. The van der Waals surface area contributed by atoms with Gasteiger partial charge in [-0.2, -0.15) is 5.10 Å². The fraction of sp³-hybridized carbons (Fsp3) is 0.500. The minimum absolute atomic E-state index is 0.0628. The van der Waals surface area contributed by atoms with Gasteiger partial charge in [0.25, 0.3) is 0 Å². The highest BCUT2D eigenvalue weighted by atomic mass is 16.4. The molecular formula is C8H12N2O2. The highest BCUT2D eigenvalue weighted by molar-refractivity contribution is 5.66. The van der Waals surface area contributed by atoms with E-state index in [1.54, 1.807) is 12.4 Å². The Hall–Kier alpha value is -1.32. The van der Waals surface area contributed by atoms with E-state index in [1.165, 1.54) is 4.68 Å². The van der Waals surface area contributed by atoms with Crippen LogP contribution in [0.3, 0.4) is 0 Å². The summed E-state index contributed by atoms with van der Waals surface area (Å²) in [6.45, 7) is 4.02. The molecule has 0 radical (unpaired) electrons. The number of carboxylic acids is 1. The molecule has 0 saturated carbocycles. The first-order chi connectivity index (χ1) is 5.59. The minimum Gasteiger partial charge on any atom is -0.480 e. The Morgan fingerprint density at radius 2 is 2.42 bits per heavy atom. The van der Waals surface area contributed by atoms with Crippen molar-refractivity contribution in [2.75, 3.05) is 0 Å². The molecule has 1 rings (SSSR count). The van der Waals surface area contributed by atoms with Gasteiger partial charge in [-0.1, -0.05) is 13.8 Å². The zero-order valence-electron chi connectivity index (χ0n) is 7.19. The molecule has 0 amide bonds. The Bertz CT molecular complexity index is 278. The van der Waals surface area contributed by atoms with Crippen LogP contribution < -0.4 is 0 Å². The molecule has 1 aromatic rings. The van der Waals surface area contributed by atoms with Crippen LogP contribution in [0.15, 0.2) is 12.4 Å². The lowest BCUT2D eigenvalue weighted by atomic mass is 10.1. The van der Waals surface area contributed by atoms with E-state index < -0.39 is 5.97 Å². The highest BCUT2D eigenvalue weighted by Gasteiger charge is 2.04. The topological polar surface area (TPSA) is 55.1 Å². The molecule has 0 aromatic carbocycles. The summed E-state index contributed by atoms with van der Waals surface area (Å²) in [5.41, 5.74) is 1.07. The van der Waals surface area contributed by atoms with Crippen molar-refractivity contribution in [3.8, 4) is 0 Å². The number of aliphatic carboxylic acids is 1. The van der Waals surface area contributed by atoms with Crippen molar-refractivity contribution in [1.82, 2.24) is 9.78 Å². The van der Waals surface area contributed by atoms with Gasteiger partial charge in [0.2, 0.25) is 0 Å². The monoisotopic (exact) mass is 168 g/mol. The van der Waals surface area contributed by atoms with Gasteiger partial charge < -0.3 is 5.11 Å². The van der Waals surface area contributed by atoms with E-state index in [1.807, 2.05) is 13.8 Å². The van der Waals surface area contributed by atoms with Crippen LogP contribution in [0.5, 0.6) is 0 Å². The van der Waals surface area contributed by atoms with Crippen LogP contribution in [-0.4, -0.2) is 20.9 Å². The number of carboxylic acid groups (broad SMARTS) is 1. The normalized spacial score (nSPS) is 10.6. The second-order valence-corrected chi connectivity index (χ2v) is 3.02. The molecule has 1 heterocycles. The fourth-order valence-electron chi connectivity index (χ4n) is 0.903. The van der Waals surface area contributed by atoms with Crippen molar-refractivity contribution in [3.05, 3.63) is 18.0 Å². The van der Waals surface area contributed by atoms with E-state index in [0.717, 1.165) is 5.56 Å². The second kappa shape index (κ2) is 3.38. The number of hydrogen-bond acceptors (Lipinski definition) is 2. The first-order valence-corrected chi connectivity index (χ1v) is 3.83. The van der Waals surface area contributed by atoms with Gasteiger partial charge in [-0.25, -0.2) is 0 Å². The van der Waals surface area contributed by atoms with Crippen molar-refractivity contribution in [2.24, 2.45) is 0 Å². The molecule has 0 atom stereocenters. The zero-order chi connectivity index (χ0) is 9.14. The summed E-state index contributed by atoms with van der Waals surface area (Å²) in [5.74, 6) is -0.471. The zero-order valence-corrected chi connectivity index (χ0v) is 7.19. The molecule has 12 heavy (non-hydrogen) atoms. The van der Waals surface area contributed by atoms with E-state index in [4.69, 9.17) is 5.11 Å². The van der Waals surface area contributed by atoms with Crippen molar-refractivity contribution in [1.29, 1.82) is 0 Å². The van der Waals surface area contributed by atoms with Crippen LogP contribution in [0, 0.1) is 0 Å². The minimum atomic E-state index is -0.867. The maximum atomic E-state index is 10.3. The SMILES string of the molecule is CC(C)c1cnn(CC(=O)O)c1. The molecule has 0 saturated heterocycles. The third-order valence-corrected chi connectivity index (χ3v) is 1.62. The lowest BCUT2D eigenvalue weighted by Gasteiger charge is -1.97. The van der Waals surface area contributed by atoms with Crippen LogP contribution >= 0.6 is 0 Å². The van der Waals surface area contributed by atoms with Crippen molar-refractivity contribution >= 4 is 5.97 Å². The Balaban J connectivity index is 2.70. The molecule has 0 aliphatic heterocycles. The third-order valence-electron chi connectivity index (χ3n) is 1.62. The highest BCUT2D eigenvalue weighted by Crippen LogP contribution is 2.11. The molecule has 4 heteroatoms. The first kappa shape index (κ1) is 8.77. The standard InChI is InChI=1S/C8H12N2O2/c1-6(2)7-3-9-10(4-7)5-8(11)12/h3-4,6H,5H2,1-2H3,(H,11,12). The van der Waals surface area contributed by atoms with Gasteiger partial charge in [-0.3, -0.25) is 9.48 Å². The Morgan fingerprint density at radius 1 is 1.75 bits per heavy atom. The number of hydrogen-bond donors (Lipinski definition) is 1. The van der Waals surface area contributed by atoms with Crippen molar-refractivity contribution in [2.45, 2.75) is 26.3 Å². The second-order valence-electron chi connectivity index (χ2n) is 3.02. The predicted molar refractivity (Wildman–Crippen MR) is 44.0 cm³/mol. The Labute approximate surface area is 70.8 Å². The molecule has 0 unspecified atom stereocenters.